The Hall–Kier alpha value is -0.0700. The van der Waals surface area contributed by atoms with E-state index in [4.69, 9.17) is 12.6 Å². The van der Waals surface area contributed by atoms with Crippen molar-refractivity contribution in [1.82, 2.24) is 0 Å². The Bertz CT molecular complexity index is 74.9. The first kappa shape index (κ1) is 16.8. The van der Waals surface area contributed by atoms with Crippen molar-refractivity contribution in [2.75, 3.05) is 0 Å². The highest BCUT2D eigenvalue weighted by atomic mass is 32.2. The molecule has 0 aromatic heterocycles. The molecule has 0 rings (SSSR count). The van der Waals surface area contributed by atoms with Gasteiger partial charge in [0.25, 0.3) is 0 Å². The Balaban J connectivity index is -0.0000000450. The van der Waals surface area contributed by atoms with Crippen molar-refractivity contribution in [1.29, 1.82) is 0 Å². The second kappa shape index (κ2) is 8.87. The molecule has 0 aliphatic carbocycles. The summed E-state index contributed by atoms with van der Waals surface area (Å²) in [6.45, 7) is 0. The van der Waals surface area contributed by atoms with Gasteiger partial charge in [0.1, 0.15) is 0 Å². The van der Waals surface area contributed by atoms with Crippen LogP contribution in [0.2, 0.25) is 0 Å². The van der Waals surface area contributed by atoms with Gasteiger partial charge in [-0.15, -0.1) is 12.6 Å². The van der Waals surface area contributed by atoms with E-state index in [1.165, 1.54) is 0 Å². The largest absolute Gasteiger partial charge is 0.425 e. The third kappa shape index (κ3) is 6890. The predicted molar refractivity (Wildman–Crippen MR) is 23.7 cm³/mol. The molecule has 0 saturated heterocycles. The van der Waals surface area contributed by atoms with Crippen LogP contribution in [0.3, 0.4) is 0 Å². The summed E-state index contributed by atoms with van der Waals surface area (Å²) in [5.74, 6) is 0. The van der Waals surface area contributed by atoms with Gasteiger partial charge in [0.2, 0.25) is 0 Å². The van der Waals surface area contributed by atoms with E-state index in [0.717, 1.165) is 0 Å². The number of hydrogen-bond donors (Lipinski definition) is 0. The van der Waals surface area contributed by atoms with Crippen molar-refractivity contribution in [3.05, 3.63) is 0 Å². The summed E-state index contributed by atoms with van der Waals surface area (Å²) < 4.78 is 25.3. The summed E-state index contributed by atoms with van der Waals surface area (Å²) in [4.78, 5) is 0. The minimum atomic E-state index is -3.11. The monoisotopic (exact) mass is 132 g/mol. The van der Waals surface area contributed by atoms with Crippen molar-refractivity contribution in [2.45, 2.75) is 0 Å². The fraction of sp³-hybridized carbons (Fsp3) is 0. The molecule has 0 bridgehead atoms. The van der Waals surface area contributed by atoms with Gasteiger partial charge in [-0.25, -0.2) is 0 Å². The standard InChI is InChI=1S/O3S.H2O.H2S/c1-4(2)3;;/h;2*1H2. The Morgan fingerprint density at radius 1 is 1.00 bits per heavy atom. The van der Waals surface area contributed by atoms with E-state index >= 15 is 0 Å². The van der Waals surface area contributed by atoms with Gasteiger partial charge in [-0.2, -0.15) is 13.5 Å². The minimum Gasteiger partial charge on any atom is -0.412 e. The van der Waals surface area contributed by atoms with Gasteiger partial charge in [-0.05, 0) is 0 Å². The molecule has 0 saturated carbocycles. The van der Waals surface area contributed by atoms with Gasteiger partial charge in [-0.3, -0.25) is 0 Å². The summed E-state index contributed by atoms with van der Waals surface area (Å²) in [5, 5.41) is 0. The van der Waals surface area contributed by atoms with Gasteiger partial charge < -0.3 is 5.48 Å². The van der Waals surface area contributed by atoms with Crippen molar-refractivity contribution in [3.8, 4) is 0 Å². The molecule has 0 fully saturated rings. The van der Waals surface area contributed by atoms with Crippen LogP contribution >= 0.6 is 13.5 Å². The molecule has 0 aliphatic heterocycles. The highest BCUT2D eigenvalue weighted by molar-refractivity contribution is 7.59. The molecule has 0 heterocycles. The van der Waals surface area contributed by atoms with E-state index in [9.17, 15) is 0 Å². The van der Waals surface area contributed by atoms with E-state index < -0.39 is 10.6 Å². The lowest BCUT2D eigenvalue weighted by molar-refractivity contribution is 0.559. The molecule has 0 aromatic carbocycles. The molecule has 6 heavy (non-hydrogen) atoms. The van der Waals surface area contributed by atoms with Gasteiger partial charge in [0, 0.05) is 0 Å². The fourth-order valence-corrected chi connectivity index (χ4v) is 0. The van der Waals surface area contributed by atoms with Crippen molar-refractivity contribution < 1.29 is 18.1 Å². The normalized spacial score (nSPS) is 4.00. The zero-order chi connectivity index (χ0) is 3.58. The van der Waals surface area contributed by atoms with Crippen LogP contribution in [0.25, 0.3) is 0 Å². The molecule has 0 aromatic rings. The summed E-state index contributed by atoms with van der Waals surface area (Å²) in [5.41, 5.74) is 0. The average Bonchev–Trinajstić information content (AvgIpc) is 0.811. The van der Waals surface area contributed by atoms with Crippen LogP contribution in [0.4, 0.5) is 0 Å². The Kier molecular flexibility index (Phi) is 24.8. The molecule has 0 spiro atoms. The van der Waals surface area contributed by atoms with Crippen LogP contribution in [0.15, 0.2) is 0 Å². The molecule has 0 amide bonds. The molecule has 2 N–H and O–H groups in total. The predicted octanol–water partition coefficient (Wildman–Crippen LogP) is -1.72. The molecule has 0 aliphatic rings. The first-order valence-electron chi connectivity index (χ1n) is 0.500. The van der Waals surface area contributed by atoms with E-state index in [1.54, 1.807) is 0 Å². The summed E-state index contributed by atoms with van der Waals surface area (Å²) in [6.07, 6.45) is 0. The molecule has 40 valence electrons. The van der Waals surface area contributed by atoms with Gasteiger partial charge >= 0.3 is 10.6 Å². The summed E-state index contributed by atoms with van der Waals surface area (Å²) in [7, 11) is -3.11. The quantitative estimate of drug-likeness (QED) is 0.393. The zero-order valence-corrected chi connectivity index (χ0v) is 4.45. The highest BCUT2D eigenvalue weighted by Crippen LogP contribution is 1.07. The third-order valence-electron chi connectivity index (χ3n) is 0. The van der Waals surface area contributed by atoms with Crippen LogP contribution in [-0.2, 0) is 10.6 Å². The lowest BCUT2D eigenvalue weighted by Gasteiger charge is -1.11. The van der Waals surface area contributed by atoms with Crippen molar-refractivity contribution in [2.24, 2.45) is 0 Å². The van der Waals surface area contributed by atoms with E-state index in [-0.39, 0.29) is 19.0 Å². The Morgan fingerprint density at radius 3 is 1.00 bits per heavy atom. The first-order valence-corrected chi connectivity index (χ1v) is 1.50. The molecular weight excluding hydrogens is 128 g/mol. The first-order chi connectivity index (χ1) is 1.73. The zero-order valence-electron chi connectivity index (χ0n) is 2.63. The number of hydrogen-bond acceptors (Lipinski definition) is 3. The van der Waals surface area contributed by atoms with E-state index in [1.807, 2.05) is 0 Å². The maximum atomic E-state index is 8.44. The SMILES string of the molecule is O.O=S(=O)=O.S. The lowest BCUT2D eigenvalue weighted by Crippen LogP contribution is -1.40. The molecule has 0 radical (unpaired) electrons. The average molecular weight is 132 g/mol. The second-order valence-electron chi connectivity index (χ2n) is 0.204. The molecule has 0 unspecified atom stereocenters. The van der Waals surface area contributed by atoms with Crippen LogP contribution in [0.1, 0.15) is 0 Å². The second-order valence-corrected chi connectivity index (χ2v) is 0.612. The van der Waals surface area contributed by atoms with Gasteiger partial charge in [-0.1, -0.05) is 0 Å². The Labute approximate surface area is 43.0 Å². The third-order valence-corrected chi connectivity index (χ3v) is 0. The lowest BCUT2D eigenvalue weighted by atomic mass is 15.9. The summed E-state index contributed by atoms with van der Waals surface area (Å²) in [6, 6.07) is 0. The smallest absolute Gasteiger partial charge is 0.412 e. The number of rotatable bonds is 0. The van der Waals surface area contributed by atoms with Crippen LogP contribution in [-0.4, -0.2) is 18.1 Å². The molecule has 6 heteroatoms. The molecular formula is H4O4S2. The topological polar surface area (TPSA) is 82.7 Å². The van der Waals surface area contributed by atoms with Crippen LogP contribution in [0.5, 0.6) is 0 Å². The van der Waals surface area contributed by atoms with Crippen molar-refractivity contribution in [3.63, 3.8) is 0 Å². The fourth-order valence-electron chi connectivity index (χ4n) is 0. The van der Waals surface area contributed by atoms with E-state index in [2.05, 4.69) is 0 Å². The van der Waals surface area contributed by atoms with Crippen LogP contribution < -0.4 is 0 Å². The van der Waals surface area contributed by atoms with Crippen LogP contribution in [0, 0.1) is 0 Å². The van der Waals surface area contributed by atoms with Gasteiger partial charge in [0.15, 0.2) is 0 Å². The Morgan fingerprint density at radius 2 is 1.00 bits per heavy atom. The molecule has 0 atom stereocenters. The minimum absolute atomic E-state index is 0. The van der Waals surface area contributed by atoms with E-state index in [0.29, 0.717) is 0 Å². The molecule has 4 nitrogen and oxygen atoms in total. The highest BCUT2D eigenvalue weighted by Gasteiger charge is 1.40. The maximum Gasteiger partial charge on any atom is 0.425 e. The van der Waals surface area contributed by atoms with Gasteiger partial charge in [0.05, 0.1) is 0 Å². The van der Waals surface area contributed by atoms with Crippen molar-refractivity contribution >= 4 is 24.1 Å². The summed E-state index contributed by atoms with van der Waals surface area (Å²) >= 11 is 0. The maximum absolute atomic E-state index is 8.44.